The molecule has 1 N–H and O–H groups in total. The number of esters is 1. The van der Waals surface area contributed by atoms with Crippen molar-refractivity contribution < 1.29 is 18.8 Å². The molecule has 3 rings (SSSR count). The number of carbonyl (C=O) groups excluding carboxylic acids is 2. The van der Waals surface area contributed by atoms with Gasteiger partial charge in [-0.2, -0.15) is 4.98 Å². The number of hydrogen-bond donors (Lipinski definition) is 1. The average molecular weight is 366 g/mol. The minimum absolute atomic E-state index is 0.129. The van der Waals surface area contributed by atoms with Gasteiger partial charge in [-0.3, -0.25) is 14.6 Å². The average Bonchev–Trinajstić information content (AvgIpc) is 3.20. The largest absolute Gasteiger partial charge is 0.460 e. The summed E-state index contributed by atoms with van der Waals surface area (Å²) in [6.07, 6.45) is 3.68. The molecular formula is C19H18N4O4. The van der Waals surface area contributed by atoms with Crippen LogP contribution in [0.25, 0.3) is 11.4 Å². The standard InChI is InChI=1S/C19H18N4O4/c24-16(21-12-18(25)26-13-14-4-2-1-3-5-14)6-7-17-22-19(23-27-17)15-8-10-20-11-9-15/h1-5,8-11H,6-7,12-13H2,(H,21,24). The van der Waals surface area contributed by atoms with Gasteiger partial charge in [0.1, 0.15) is 13.2 Å². The van der Waals surface area contributed by atoms with Gasteiger partial charge in [0.25, 0.3) is 0 Å². The van der Waals surface area contributed by atoms with Crippen LogP contribution in [0.1, 0.15) is 17.9 Å². The molecule has 27 heavy (non-hydrogen) atoms. The lowest BCUT2D eigenvalue weighted by atomic mass is 10.2. The second-order valence-electron chi connectivity index (χ2n) is 5.67. The van der Waals surface area contributed by atoms with Crippen molar-refractivity contribution in [3.63, 3.8) is 0 Å². The number of amides is 1. The SMILES string of the molecule is O=C(CCc1nc(-c2ccncc2)no1)NCC(=O)OCc1ccccc1. The molecular weight excluding hydrogens is 348 g/mol. The third-order valence-electron chi connectivity index (χ3n) is 3.65. The Morgan fingerprint density at radius 2 is 1.85 bits per heavy atom. The van der Waals surface area contributed by atoms with E-state index in [4.69, 9.17) is 9.26 Å². The van der Waals surface area contributed by atoms with Gasteiger partial charge in [-0.05, 0) is 17.7 Å². The van der Waals surface area contributed by atoms with Crippen LogP contribution in [0, 0.1) is 0 Å². The molecule has 0 aliphatic heterocycles. The highest BCUT2D eigenvalue weighted by Crippen LogP contribution is 2.14. The van der Waals surface area contributed by atoms with Crippen LogP contribution in [0.5, 0.6) is 0 Å². The molecule has 0 fully saturated rings. The first-order valence-electron chi connectivity index (χ1n) is 8.40. The third kappa shape index (κ3) is 5.74. The van der Waals surface area contributed by atoms with E-state index in [1.165, 1.54) is 0 Å². The Balaban J connectivity index is 1.37. The molecule has 0 saturated heterocycles. The Morgan fingerprint density at radius 1 is 1.07 bits per heavy atom. The van der Waals surface area contributed by atoms with Gasteiger partial charge in [-0.25, -0.2) is 0 Å². The number of hydrogen-bond acceptors (Lipinski definition) is 7. The molecule has 0 radical (unpaired) electrons. The van der Waals surface area contributed by atoms with Crippen LogP contribution in [-0.2, 0) is 27.4 Å². The lowest BCUT2D eigenvalue weighted by Crippen LogP contribution is -2.30. The van der Waals surface area contributed by atoms with Crippen LogP contribution in [-0.4, -0.2) is 33.5 Å². The minimum atomic E-state index is -0.495. The Hall–Kier alpha value is -3.55. The van der Waals surface area contributed by atoms with Crippen LogP contribution < -0.4 is 5.32 Å². The number of carbonyl (C=O) groups is 2. The van der Waals surface area contributed by atoms with Crippen molar-refractivity contribution in [3.05, 3.63) is 66.3 Å². The molecule has 0 aliphatic carbocycles. The first-order chi connectivity index (χ1) is 13.2. The molecule has 0 bridgehead atoms. The number of ether oxygens (including phenoxy) is 1. The van der Waals surface area contributed by atoms with E-state index in [0.29, 0.717) is 11.7 Å². The normalized spacial score (nSPS) is 10.4. The summed E-state index contributed by atoms with van der Waals surface area (Å²) in [5, 5.41) is 6.39. The van der Waals surface area contributed by atoms with Crippen LogP contribution in [0.3, 0.4) is 0 Å². The highest BCUT2D eigenvalue weighted by molar-refractivity contribution is 5.81. The lowest BCUT2D eigenvalue weighted by Gasteiger charge is -2.06. The molecule has 1 aromatic carbocycles. The van der Waals surface area contributed by atoms with Crippen molar-refractivity contribution in [3.8, 4) is 11.4 Å². The summed E-state index contributed by atoms with van der Waals surface area (Å²) < 4.78 is 10.2. The fourth-order valence-corrected chi connectivity index (χ4v) is 2.24. The zero-order chi connectivity index (χ0) is 18.9. The van der Waals surface area contributed by atoms with Crippen molar-refractivity contribution in [2.24, 2.45) is 0 Å². The van der Waals surface area contributed by atoms with E-state index < -0.39 is 5.97 Å². The van der Waals surface area contributed by atoms with Gasteiger partial charge in [0.2, 0.25) is 17.6 Å². The van der Waals surface area contributed by atoms with Crippen molar-refractivity contribution in [1.82, 2.24) is 20.4 Å². The first-order valence-corrected chi connectivity index (χ1v) is 8.40. The fourth-order valence-electron chi connectivity index (χ4n) is 2.24. The van der Waals surface area contributed by atoms with E-state index in [2.05, 4.69) is 20.4 Å². The predicted molar refractivity (Wildman–Crippen MR) is 95.1 cm³/mol. The maximum atomic E-state index is 11.9. The molecule has 8 heteroatoms. The predicted octanol–water partition coefficient (Wildman–Crippen LogP) is 1.92. The Morgan fingerprint density at radius 3 is 2.63 bits per heavy atom. The second kappa shape index (κ2) is 9.23. The van der Waals surface area contributed by atoms with Gasteiger partial charge in [-0.15, -0.1) is 0 Å². The molecule has 1 amide bonds. The van der Waals surface area contributed by atoms with Crippen LogP contribution in [0.15, 0.2) is 59.4 Å². The number of nitrogens with one attached hydrogen (secondary N) is 1. The van der Waals surface area contributed by atoms with E-state index in [9.17, 15) is 9.59 Å². The Labute approximate surface area is 155 Å². The van der Waals surface area contributed by atoms with E-state index in [0.717, 1.165) is 11.1 Å². The van der Waals surface area contributed by atoms with E-state index in [-0.39, 0.29) is 31.9 Å². The highest BCUT2D eigenvalue weighted by atomic mass is 16.5. The number of rotatable bonds is 8. The van der Waals surface area contributed by atoms with E-state index in [1.54, 1.807) is 24.5 Å². The van der Waals surface area contributed by atoms with Crippen molar-refractivity contribution >= 4 is 11.9 Å². The van der Waals surface area contributed by atoms with E-state index in [1.807, 2.05) is 30.3 Å². The zero-order valence-electron chi connectivity index (χ0n) is 14.5. The minimum Gasteiger partial charge on any atom is -0.460 e. The monoisotopic (exact) mass is 366 g/mol. The smallest absolute Gasteiger partial charge is 0.325 e. The van der Waals surface area contributed by atoms with Crippen LogP contribution in [0.4, 0.5) is 0 Å². The second-order valence-corrected chi connectivity index (χ2v) is 5.67. The summed E-state index contributed by atoms with van der Waals surface area (Å²) in [6.45, 7) is -0.00687. The fraction of sp³-hybridized carbons (Fsp3) is 0.211. The molecule has 0 atom stereocenters. The number of aryl methyl sites for hydroxylation is 1. The summed E-state index contributed by atoms with van der Waals surface area (Å²) in [7, 11) is 0. The van der Waals surface area contributed by atoms with Crippen molar-refractivity contribution in [2.45, 2.75) is 19.4 Å². The quantitative estimate of drug-likeness (QED) is 0.607. The molecule has 0 unspecified atom stereocenters. The number of aromatic nitrogens is 3. The maximum Gasteiger partial charge on any atom is 0.325 e. The van der Waals surface area contributed by atoms with Gasteiger partial charge in [0.15, 0.2) is 0 Å². The number of nitrogens with zero attached hydrogens (tertiary/aromatic N) is 3. The number of pyridine rings is 1. The van der Waals surface area contributed by atoms with Crippen LogP contribution >= 0.6 is 0 Å². The molecule has 0 saturated carbocycles. The molecule has 3 aromatic rings. The van der Waals surface area contributed by atoms with E-state index >= 15 is 0 Å². The molecule has 0 spiro atoms. The molecule has 0 aliphatic rings. The summed E-state index contributed by atoms with van der Waals surface area (Å²) in [5.41, 5.74) is 1.67. The number of benzene rings is 1. The molecule has 2 aromatic heterocycles. The van der Waals surface area contributed by atoms with Gasteiger partial charge in [0.05, 0.1) is 0 Å². The first kappa shape index (κ1) is 18.2. The maximum absolute atomic E-state index is 11.9. The van der Waals surface area contributed by atoms with Gasteiger partial charge < -0.3 is 14.6 Å². The zero-order valence-corrected chi connectivity index (χ0v) is 14.5. The van der Waals surface area contributed by atoms with Gasteiger partial charge in [0, 0.05) is 30.8 Å². The topological polar surface area (TPSA) is 107 Å². The summed E-state index contributed by atoms with van der Waals surface area (Å²) in [4.78, 5) is 31.7. The van der Waals surface area contributed by atoms with Crippen LogP contribution in [0.2, 0.25) is 0 Å². The summed E-state index contributed by atoms with van der Waals surface area (Å²) in [6, 6.07) is 12.9. The molecule has 138 valence electrons. The third-order valence-corrected chi connectivity index (χ3v) is 3.65. The Kier molecular flexibility index (Phi) is 6.24. The van der Waals surface area contributed by atoms with Gasteiger partial charge in [-0.1, -0.05) is 35.5 Å². The van der Waals surface area contributed by atoms with Crippen molar-refractivity contribution in [2.75, 3.05) is 6.54 Å². The molecule has 2 heterocycles. The Bertz CT molecular complexity index is 881. The lowest BCUT2D eigenvalue weighted by molar-refractivity contribution is -0.145. The summed E-state index contributed by atoms with van der Waals surface area (Å²) >= 11 is 0. The highest BCUT2D eigenvalue weighted by Gasteiger charge is 2.12. The van der Waals surface area contributed by atoms with Gasteiger partial charge >= 0.3 is 5.97 Å². The summed E-state index contributed by atoms with van der Waals surface area (Å²) in [5.74, 6) is 0.00111. The van der Waals surface area contributed by atoms with Crippen molar-refractivity contribution in [1.29, 1.82) is 0 Å². The molecule has 8 nitrogen and oxygen atoms in total.